The molecule has 0 fully saturated rings. The number of hydrogen-bond donors (Lipinski definition) is 0. The number of ether oxygens (including phenoxy) is 1. The third-order valence-corrected chi connectivity index (χ3v) is 5.71. The molecule has 0 heterocycles. The molecule has 0 saturated carbocycles. The van der Waals surface area contributed by atoms with Crippen molar-refractivity contribution in [2.24, 2.45) is 0 Å². The molecular weight excluding hydrogens is 478 g/mol. The van der Waals surface area contributed by atoms with E-state index in [0.717, 1.165) is 29.7 Å². The average molecular weight is 498 g/mol. The first kappa shape index (κ1) is 25.2. The van der Waals surface area contributed by atoms with Crippen molar-refractivity contribution in [3.05, 3.63) is 112 Å². The quantitative estimate of drug-likeness (QED) is 0.201. The van der Waals surface area contributed by atoms with Gasteiger partial charge in [0, 0.05) is 16.5 Å². The van der Waals surface area contributed by atoms with E-state index in [9.17, 15) is 22.0 Å². The highest BCUT2D eigenvalue weighted by atomic mass is 19.4. The summed E-state index contributed by atoms with van der Waals surface area (Å²) in [5, 5.41) is 1.02. The van der Waals surface area contributed by atoms with Gasteiger partial charge in [-0.3, -0.25) is 0 Å². The standard InChI is InChI=1S/C29H20F6O/c1-2-18-3-5-19(6-4-18)7-8-20-10-14-24-23(15-20)13-12-22(27(24)32)11-9-21-16-25(30)28(26(31)17-21)36-29(33,34)35/h3-6,10,12-17H,2,9,11H2,1H3. The van der Waals surface area contributed by atoms with Crippen molar-refractivity contribution in [1.82, 2.24) is 0 Å². The molecule has 0 aromatic heterocycles. The summed E-state index contributed by atoms with van der Waals surface area (Å²) in [5.74, 6) is 1.23. The lowest BCUT2D eigenvalue weighted by Crippen LogP contribution is -2.19. The van der Waals surface area contributed by atoms with Crippen LogP contribution in [-0.4, -0.2) is 6.36 Å². The van der Waals surface area contributed by atoms with Crippen LogP contribution in [0.15, 0.2) is 66.7 Å². The molecule has 0 radical (unpaired) electrons. The molecule has 0 spiro atoms. The largest absolute Gasteiger partial charge is 0.573 e. The van der Waals surface area contributed by atoms with E-state index >= 15 is 4.39 Å². The third-order valence-electron chi connectivity index (χ3n) is 5.71. The topological polar surface area (TPSA) is 9.23 Å². The molecule has 7 heteroatoms. The molecule has 4 aromatic carbocycles. The number of benzene rings is 4. The summed E-state index contributed by atoms with van der Waals surface area (Å²) < 4.78 is 83.3. The molecule has 0 unspecified atom stereocenters. The predicted molar refractivity (Wildman–Crippen MR) is 126 cm³/mol. The molecule has 0 aliphatic heterocycles. The Kier molecular flexibility index (Phi) is 7.25. The predicted octanol–water partition coefficient (Wildman–Crippen LogP) is 7.90. The smallest absolute Gasteiger partial charge is 0.399 e. The van der Waals surface area contributed by atoms with Gasteiger partial charge in [0.15, 0.2) is 11.6 Å². The SMILES string of the molecule is CCc1ccc(C#Cc2ccc3c(F)c(CCc4cc(F)c(OC(F)(F)F)c(F)c4)ccc3c2)cc1. The van der Waals surface area contributed by atoms with Crippen LogP contribution in [0.3, 0.4) is 0 Å². The molecule has 0 bridgehead atoms. The van der Waals surface area contributed by atoms with E-state index in [4.69, 9.17) is 0 Å². The van der Waals surface area contributed by atoms with E-state index in [2.05, 4.69) is 23.5 Å². The summed E-state index contributed by atoms with van der Waals surface area (Å²) >= 11 is 0. The fourth-order valence-corrected chi connectivity index (χ4v) is 3.82. The van der Waals surface area contributed by atoms with Crippen molar-refractivity contribution >= 4 is 10.8 Å². The zero-order valence-corrected chi connectivity index (χ0v) is 19.1. The number of hydrogen-bond acceptors (Lipinski definition) is 1. The van der Waals surface area contributed by atoms with E-state index in [0.29, 0.717) is 16.3 Å². The number of fused-ring (bicyclic) bond motifs is 1. The lowest BCUT2D eigenvalue weighted by Gasteiger charge is -2.12. The first-order valence-electron chi connectivity index (χ1n) is 11.2. The van der Waals surface area contributed by atoms with Crippen LogP contribution in [0, 0.1) is 29.3 Å². The van der Waals surface area contributed by atoms with Gasteiger partial charge >= 0.3 is 6.36 Å². The average Bonchev–Trinajstić information content (AvgIpc) is 2.84. The molecule has 184 valence electrons. The van der Waals surface area contributed by atoms with Gasteiger partial charge in [-0.25, -0.2) is 13.2 Å². The van der Waals surface area contributed by atoms with E-state index in [-0.39, 0.29) is 18.4 Å². The molecule has 1 nitrogen and oxygen atoms in total. The fourth-order valence-electron chi connectivity index (χ4n) is 3.82. The summed E-state index contributed by atoms with van der Waals surface area (Å²) in [4.78, 5) is 0. The van der Waals surface area contributed by atoms with Gasteiger partial charge in [-0.05, 0) is 77.7 Å². The zero-order chi connectivity index (χ0) is 25.9. The molecule has 4 rings (SSSR count). The van der Waals surface area contributed by atoms with Crippen molar-refractivity contribution in [2.75, 3.05) is 0 Å². The summed E-state index contributed by atoms with van der Waals surface area (Å²) in [6.45, 7) is 2.08. The molecule has 0 amide bonds. The Morgan fingerprint density at radius 1 is 0.722 bits per heavy atom. The number of alkyl halides is 3. The molecular formula is C29H20F6O. The monoisotopic (exact) mass is 498 g/mol. The maximum atomic E-state index is 15.1. The molecule has 0 saturated heterocycles. The minimum Gasteiger partial charge on any atom is -0.399 e. The Morgan fingerprint density at radius 2 is 1.36 bits per heavy atom. The van der Waals surface area contributed by atoms with Gasteiger partial charge in [0.1, 0.15) is 5.82 Å². The molecule has 0 aliphatic rings. The van der Waals surface area contributed by atoms with Gasteiger partial charge in [0.25, 0.3) is 0 Å². The van der Waals surface area contributed by atoms with Crippen molar-refractivity contribution in [3.63, 3.8) is 0 Å². The fraction of sp³-hybridized carbons (Fsp3) is 0.172. The van der Waals surface area contributed by atoms with E-state index in [1.807, 2.05) is 24.3 Å². The van der Waals surface area contributed by atoms with Gasteiger partial charge in [-0.1, -0.05) is 49.1 Å². The number of rotatable bonds is 5. The van der Waals surface area contributed by atoms with Crippen LogP contribution >= 0.6 is 0 Å². The van der Waals surface area contributed by atoms with Gasteiger partial charge in [-0.2, -0.15) is 0 Å². The maximum Gasteiger partial charge on any atom is 0.573 e. The van der Waals surface area contributed by atoms with Gasteiger partial charge in [0.05, 0.1) is 0 Å². The Hall–Kier alpha value is -3.92. The van der Waals surface area contributed by atoms with Gasteiger partial charge in [-0.15, -0.1) is 13.2 Å². The summed E-state index contributed by atoms with van der Waals surface area (Å²) in [7, 11) is 0. The zero-order valence-electron chi connectivity index (χ0n) is 19.1. The second-order valence-electron chi connectivity index (χ2n) is 8.21. The summed E-state index contributed by atoms with van der Waals surface area (Å²) in [6, 6.07) is 17.9. The van der Waals surface area contributed by atoms with Gasteiger partial charge < -0.3 is 4.74 Å². The van der Waals surface area contributed by atoms with Crippen LogP contribution in [0.5, 0.6) is 5.75 Å². The minimum absolute atomic E-state index is 0.0168. The Balaban J connectivity index is 1.50. The van der Waals surface area contributed by atoms with E-state index in [1.165, 1.54) is 5.56 Å². The highest BCUT2D eigenvalue weighted by Gasteiger charge is 2.34. The van der Waals surface area contributed by atoms with E-state index in [1.54, 1.807) is 30.3 Å². The molecule has 4 aromatic rings. The Morgan fingerprint density at radius 3 is 2.00 bits per heavy atom. The molecule has 36 heavy (non-hydrogen) atoms. The first-order chi connectivity index (χ1) is 17.1. The summed E-state index contributed by atoms with van der Waals surface area (Å²) in [6.07, 6.45) is -4.16. The third kappa shape index (κ3) is 6.01. The van der Waals surface area contributed by atoms with Crippen molar-refractivity contribution < 1.29 is 31.1 Å². The van der Waals surface area contributed by atoms with Crippen LogP contribution in [0.25, 0.3) is 10.8 Å². The second-order valence-corrected chi connectivity index (χ2v) is 8.21. The van der Waals surface area contributed by atoms with Crippen LogP contribution in [0.1, 0.15) is 34.7 Å². The van der Waals surface area contributed by atoms with Crippen LogP contribution in [0.2, 0.25) is 0 Å². The summed E-state index contributed by atoms with van der Waals surface area (Å²) in [5.41, 5.74) is 3.21. The van der Waals surface area contributed by atoms with Crippen LogP contribution in [0.4, 0.5) is 26.3 Å². The van der Waals surface area contributed by atoms with E-state index < -0.39 is 29.6 Å². The first-order valence-corrected chi connectivity index (χ1v) is 11.2. The molecule has 0 aliphatic carbocycles. The lowest BCUT2D eigenvalue weighted by molar-refractivity contribution is -0.276. The highest BCUT2D eigenvalue weighted by molar-refractivity contribution is 5.85. The number of halogens is 6. The van der Waals surface area contributed by atoms with Gasteiger partial charge in [0.2, 0.25) is 5.75 Å². The lowest BCUT2D eigenvalue weighted by atomic mass is 9.99. The Bertz CT molecular complexity index is 1440. The Labute approximate surface area is 204 Å². The minimum atomic E-state index is -5.22. The van der Waals surface area contributed by atoms with Crippen molar-refractivity contribution in [2.45, 2.75) is 32.5 Å². The van der Waals surface area contributed by atoms with Crippen molar-refractivity contribution in [1.29, 1.82) is 0 Å². The second kappa shape index (κ2) is 10.4. The normalized spacial score (nSPS) is 11.3. The molecule has 0 N–H and O–H groups in total. The van der Waals surface area contributed by atoms with Crippen molar-refractivity contribution in [3.8, 4) is 17.6 Å². The molecule has 0 atom stereocenters. The maximum absolute atomic E-state index is 15.1. The number of aryl methyl sites for hydroxylation is 3. The van der Waals surface area contributed by atoms with Crippen LogP contribution < -0.4 is 4.74 Å². The highest BCUT2D eigenvalue weighted by Crippen LogP contribution is 2.30. The van der Waals surface area contributed by atoms with Crippen LogP contribution in [-0.2, 0) is 19.3 Å².